The summed E-state index contributed by atoms with van der Waals surface area (Å²) in [6.45, 7) is 7.00. The van der Waals surface area contributed by atoms with Gasteiger partial charge >= 0.3 is 0 Å². The largest absolute Gasteiger partial charge is 0.243 e. The number of hydrogen-bond acceptors (Lipinski definition) is 6. The molecule has 0 radical (unpaired) electrons. The van der Waals surface area contributed by atoms with Crippen molar-refractivity contribution >= 4 is 29.9 Å². The summed E-state index contributed by atoms with van der Waals surface area (Å²) in [5.41, 5.74) is 3.52. The van der Waals surface area contributed by atoms with Gasteiger partial charge in [0, 0.05) is 19.1 Å². The molecule has 0 aromatic heterocycles. The van der Waals surface area contributed by atoms with E-state index in [2.05, 4.69) is 4.72 Å². The standard InChI is InChI=1S/C22H30N2O6S3/c1-16-5-7-21(13-18(16)3)32(27,28)23-10-11-24(20-9-12-31(25,26)15-20)33(29,30)22-8-6-17(2)19(4)14-22/h5-8,13-14,20,23H,9-12,15H2,1-4H3/t20-/m0/s1. The van der Waals surface area contributed by atoms with Crippen LogP contribution in [0.5, 0.6) is 0 Å². The first-order valence-corrected chi connectivity index (χ1v) is 15.3. The Bertz CT molecular complexity index is 1370. The maximum atomic E-state index is 13.5. The number of nitrogens with zero attached hydrogens (tertiary/aromatic N) is 1. The van der Waals surface area contributed by atoms with Gasteiger partial charge in [-0.2, -0.15) is 4.31 Å². The quantitative estimate of drug-likeness (QED) is 0.576. The van der Waals surface area contributed by atoms with Gasteiger partial charge in [0.2, 0.25) is 20.0 Å². The Kier molecular flexibility index (Phi) is 7.40. The Morgan fingerprint density at radius 3 is 1.94 bits per heavy atom. The molecule has 1 N–H and O–H groups in total. The molecule has 0 aliphatic carbocycles. The highest BCUT2D eigenvalue weighted by Crippen LogP contribution is 2.26. The topological polar surface area (TPSA) is 118 Å². The summed E-state index contributed by atoms with van der Waals surface area (Å²) in [5.74, 6) is -0.369. The lowest BCUT2D eigenvalue weighted by Gasteiger charge is -2.27. The molecular formula is C22H30N2O6S3. The molecule has 0 saturated carbocycles. The molecule has 0 unspecified atom stereocenters. The van der Waals surface area contributed by atoms with Crippen LogP contribution in [0.4, 0.5) is 0 Å². The Labute approximate surface area is 197 Å². The van der Waals surface area contributed by atoms with Crippen LogP contribution in [0.15, 0.2) is 46.2 Å². The van der Waals surface area contributed by atoms with Gasteiger partial charge in [0.25, 0.3) is 0 Å². The van der Waals surface area contributed by atoms with Gasteiger partial charge in [-0.3, -0.25) is 0 Å². The van der Waals surface area contributed by atoms with E-state index in [0.29, 0.717) is 0 Å². The van der Waals surface area contributed by atoms with Gasteiger partial charge in [0.1, 0.15) is 0 Å². The Hall–Kier alpha value is -1.79. The van der Waals surface area contributed by atoms with E-state index >= 15 is 0 Å². The summed E-state index contributed by atoms with van der Waals surface area (Å²) in [6.07, 6.45) is 0.177. The van der Waals surface area contributed by atoms with E-state index in [4.69, 9.17) is 0 Å². The third kappa shape index (κ3) is 5.83. The SMILES string of the molecule is Cc1ccc(S(=O)(=O)NCCN([C@H]2CCS(=O)(=O)C2)S(=O)(=O)c2ccc(C)c(C)c2)cc1C. The normalized spacial score (nSPS) is 18.6. The molecule has 1 fully saturated rings. The number of nitrogens with one attached hydrogen (secondary N) is 1. The molecule has 1 heterocycles. The van der Waals surface area contributed by atoms with Gasteiger partial charge in [0.15, 0.2) is 9.84 Å². The Morgan fingerprint density at radius 1 is 0.879 bits per heavy atom. The minimum absolute atomic E-state index is 0.0620. The van der Waals surface area contributed by atoms with Crippen LogP contribution in [0.25, 0.3) is 0 Å². The number of hydrogen-bond donors (Lipinski definition) is 1. The summed E-state index contributed by atoms with van der Waals surface area (Å²) < 4.78 is 80.1. The molecule has 11 heteroatoms. The van der Waals surface area contributed by atoms with Gasteiger partial charge in [0.05, 0.1) is 21.3 Å². The van der Waals surface area contributed by atoms with Crippen molar-refractivity contribution in [3.63, 3.8) is 0 Å². The zero-order chi connectivity index (χ0) is 24.6. The summed E-state index contributed by atoms with van der Waals surface area (Å²) in [4.78, 5) is 0.157. The lowest BCUT2D eigenvalue weighted by molar-refractivity contribution is 0.343. The molecule has 33 heavy (non-hydrogen) atoms. The predicted molar refractivity (Wildman–Crippen MR) is 128 cm³/mol. The van der Waals surface area contributed by atoms with Gasteiger partial charge in [-0.05, 0) is 80.6 Å². The number of rotatable bonds is 8. The third-order valence-electron chi connectivity index (χ3n) is 6.11. The van der Waals surface area contributed by atoms with Crippen LogP contribution in [0.2, 0.25) is 0 Å². The molecule has 1 aliphatic heterocycles. The fraction of sp³-hybridized carbons (Fsp3) is 0.455. The first kappa shape index (κ1) is 25.8. The summed E-state index contributed by atoms with van der Waals surface area (Å²) in [6, 6.07) is 8.78. The van der Waals surface area contributed by atoms with E-state index in [9.17, 15) is 25.3 Å². The highest BCUT2D eigenvalue weighted by atomic mass is 32.2. The maximum Gasteiger partial charge on any atom is 0.243 e. The molecule has 182 valence electrons. The monoisotopic (exact) mass is 514 g/mol. The van der Waals surface area contributed by atoms with E-state index < -0.39 is 35.9 Å². The van der Waals surface area contributed by atoms with Crippen molar-refractivity contribution in [2.75, 3.05) is 24.6 Å². The van der Waals surface area contributed by atoms with Crippen molar-refractivity contribution in [2.45, 2.75) is 49.9 Å². The van der Waals surface area contributed by atoms with E-state index in [0.717, 1.165) is 26.6 Å². The maximum absolute atomic E-state index is 13.5. The zero-order valence-electron chi connectivity index (χ0n) is 19.2. The summed E-state index contributed by atoms with van der Waals surface area (Å²) >= 11 is 0. The first-order valence-electron chi connectivity index (χ1n) is 10.6. The van der Waals surface area contributed by atoms with Crippen LogP contribution in [0.1, 0.15) is 28.7 Å². The van der Waals surface area contributed by atoms with E-state index in [1.807, 2.05) is 20.8 Å². The van der Waals surface area contributed by atoms with Gasteiger partial charge < -0.3 is 0 Å². The van der Waals surface area contributed by atoms with Crippen LogP contribution in [0, 0.1) is 27.7 Å². The summed E-state index contributed by atoms with van der Waals surface area (Å²) in [7, 11) is -11.2. The van der Waals surface area contributed by atoms with Crippen molar-refractivity contribution in [3.05, 3.63) is 58.7 Å². The highest BCUT2D eigenvalue weighted by molar-refractivity contribution is 7.92. The molecule has 1 aliphatic rings. The predicted octanol–water partition coefficient (Wildman–Crippen LogP) is 2.08. The fourth-order valence-corrected chi connectivity index (χ4v) is 8.44. The van der Waals surface area contributed by atoms with Crippen LogP contribution in [-0.4, -0.2) is 60.2 Å². The van der Waals surface area contributed by atoms with Crippen molar-refractivity contribution < 1.29 is 25.3 Å². The molecule has 2 aromatic carbocycles. The van der Waals surface area contributed by atoms with Gasteiger partial charge in [-0.15, -0.1) is 0 Å². The average Bonchev–Trinajstić information content (AvgIpc) is 3.08. The van der Waals surface area contributed by atoms with Crippen molar-refractivity contribution in [2.24, 2.45) is 0 Å². The smallest absolute Gasteiger partial charge is 0.229 e. The van der Waals surface area contributed by atoms with Crippen LogP contribution >= 0.6 is 0 Å². The number of sulfone groups is 1. The second kappa shape index (κ2) is 9.46. The van der Waals surface area contributed by atoms with Crippen molar-refractivity contribution in [1.82, 2.24) is 9.03 Å². The molecule has 2 aromatic rings. The number of aryl methyl sites for hydroxylation is 4. The third-order valence-corrected chi connectivity index (χ3v) is 11.3. The van der Waals surface area contributed by atoms with Crippen LogP contribution < -0.4 is 4.72 Å². The molecular weight excluding hydrogens is 484 g/mol. The van der Waals surface area contributed by atoms with Gasteiger partial charge in [-0.25, -0.2) is 30.0 Å². The number of benzene rings is 2. The molecule has 0 spiro atoms. The molecule has 0 bridgehead atoms. The fourth-order valence-electron chi connectivity index (χ4n) is 3.77. The van der Waals surface area contributed by atoms with Crippen molar-refractivity contribution in [3.8, 4) is 0 Å². The van der Waals surface area contributed by atoms with E-state index in [-0.39, 0.29) is 40.8 Å². The second-order valence-corrected chi connectivity index (χ2v) is 14.4. The van der Waals surface area contributed by atoms with Crippen LogP contribution in [0.3, 0.4) is 0 Å². The minimum Gasteiger partial charge on any atom is -0.229 e. The molecule has 0 amide bonds. The molecule has 1 saturated heterocycles. The highest BCUT2D eigenvalue weighted by Gasteiger charge is 2.38. The molecule has 3 rings (SSSR count). The Balaban J connectivity index is 1.86. The minimum atomic E-state index is -4.03. The van der Waals surface area contributed by atoms with Gasteiger partial charge in [-0.1, -0.05) is 12.1 Å². The average molecular weight is 515 g/mol. The first-order chi connectivity index (χ1) is 15.2. The zero-order valence-corrected chi connectivity index (χ0v) is 21.6. The lowest BCUT2D eigenvalue weighted by atomic mass is 10.1. The van der Waals surface area contributed by atoms with Crippen LogP contribution in [-0.2, 0) is 29.9 Å². The molecule has 8 nitrogen and oxygen atoms in total. The van der Waals surface area contributed by atoms with Crippen molar-refractivity contribution in [1.29, 1.82) is 0 Å². The second-order valence-electron chi connectivity index (χ2n) is 8.56. The molecule has 1 atom stereocenters. The summed E-state index contributed by atoms with van der Waals surface area (Å²) in [5, 5.41) is 0. The van der Waals surface area contributed by atoms with E-state index in [1.54, 1.807) is 31.2 Å². The lowest BCUT2D eigenvalue weighted by Crippen LogP contribution is -2.45. The number of sulfonamides is 2. The van der Waals surface area contributed by atoms with E-state index in [1.165, 1.54) is 12.1 Å². The Morgan fingerprint density at radius 2 is 1.42 bits per heavy atom.